The highest BCUT2D eigenvalue weighted by Crippen LogP contribution is 2.04. The molecule has 0 radical (unpaired) electrons. The second-order valence-corrected chi connectivity index (χ2v) is 2.56. The number of hydrogen-bond donors (Lipinski definition) is 1. The first-order valence-electron chi connectivity index (χ1n) is 4.00. The molecule has 0 rings (SSSR count). The van der Waals surface area contributed by atoms with Crippen molar-refractivity contribution >= 4 is 0 Å². The number of rotatable bonds is 5. The summed E-state index contributed by atoms with van der Waals surface area (Å²) in [7, 11) is 0. The highest BCUT2D eigenvalue weighted by atomic mass is 16.5. The van der Waals surface area contributed by atoms with E-state index in [9.17, 15) is 5.11 Å². The molecule has 0 aromatic rings. The molecule has 0 aromatic heterocycles. The third kappa shape index (κ3) is 4.77. The standard InChI is InChI=1S/C8H18O2/c1-4-8(9)6-7(3)10-5-2/h7-9H,4-6H2,1-3H3. The van der Waals surface area contributed by atoms with Crippen LogP contribution < -0.4 is 0 Å². The number of aliphatic hydroxyl groups is 1. The molecule has 10 heavy (non-hydrogen) atoms. The fraction of sp³-hybridized carbons (Fsp3) is 1.00. The predicted octanol–water partition coefficient (Wildman–Crippen LogP) is 1.57. The second kappa shape index (κ2) is 5.69. The van der Waals surface area contributed by atoms with Crippen LogP contribution in [-0.2, 0) is 4.74 Å². The lowest BCUT2D eigenvalue weighted by Crippen LogP contribution is -2.17. The molecule has 0 saturated carbocycles. The molecule has 1 N–H and O–H groups in total. The lowest BCUT2D eigenvalue weighted by atomic mass is 10.1. The van der Waals surface area contributed by atoms with Crippen LogP contribution in [0.5, 0.6) is 0 Å². The van der Waals surface area contributed by atoms with E-state index in [0.717, 1.165) is 19.4 Å². The van der Waals surface area contributed by atoms with E-state index in [1.54, 1.807) is 0 Å². The summed E-state index contributed by atoms with van der Waals surface area (Å²) in [4.78, 5) is 0. The van der Waals surface area contributed by atoms with Gasteiger partial charge in [0, 0.05) is 6.61 Å². The Bertz CT molecular complexity index is 73.7. The van der Waals surface area contributed by atoms with Crippen LogP contribution in [0.1, 0.15) is 33.6 Å². The first-order valence-corrected chi connectivity index (χ1v) is 4.00. The van der Waals surface area contributed by atoms with E-state index < -0.39 is 0 Å². The Morgan fingerprint density at radius 2 is 2.00 bits per heavy atom. The largest absolute Gasteiger partial charge is 0.393 e. The molecule has 0 saturated heterocycles. The van der Waals surface area contributed by atoms with Gasteiger partial charge in [-0.05, 0) is 26.7 Å². The fourth-order valence-corrected chi connectivity index (χ4v) is 0.902. The molecule has 2 heteroatoms. The van der Waals surface area contributed by atoms with Gasteiger partial charge in [0.05, 0.1) is 12.2 Å². The van der Waals surface area contributed by atoms with Gasteiger partial charge >= 0.3 is 0 Å². The third-order valence-corrected chi connectivity index (χ3v) is 1.53. The zero-order valence-electron chi connectivity index (χ0n) is 7.13. The Hall–Kier alpha value is -0.0800. The summed E-state index contributed by atoms with van der Waals surface area (Å²) in [6.45, 7) is 6.66. The van der Waals surface area contributed by atoms with Crippen molar-refractivity contribution in [3.8, 4) is 0 Å². The van der Waals surface area contributed by atoms with Crippen LogP contribution in [0.2, 0.25) is 0 Å². The van der Waals surface area contributed by atoms with Crippen molar-refractivity contribution in [1.82, 2.24) is 0 Å². The topological polar surface area (TPSA) is 29.5 Å². The smallest absolute Gasteiger partial charge is 0.0571 e. The first kappa shape index (κ1) is 9.92. The Labute approximate surface area is 63.2 Å². The second-order valence-electron chi connectivity index (χ2n) is 2.56. The van der Waals surface area contributed by atoms with Crippen LogP contribution in [0, 0.1) is 0 Å². The molecule has 0 heterocycles. The van der Waals surface area contributed by atoms with Crippen molar-refractivity contribution in [2.24, 2.45) is 0 Å². The lowest BCUT2D eigenvalue weighted by molar-refractivity contribution is 0.0302. The van der Waals surface area contributed by atoms with Gasteiger partial charge in [0.15, 0.2) is 0 Å². The molecular formula is C8H18O2. The molecule has 0 aliphatic heterocycles. The highest BCUT2D eigenvalue weighted by molar-refractivity contribution is 4.58. The first-order chi connectivity index (χ1) is 4.70. The molecule has 2 atom stereocenters. The summed E-state index contributed by atoms with van der Waals surface area (Å²) >= 11 is 0. The Morgan fingerprint density at radius 1 is 1.40 bits per heavy atom. The van der Waals surface area contributed by atoms with Gasteiger partial charge in [-0.1, -0.05) is 6.92 Å². The highest BCUT2D eigenvalue weighted by Gasteiger charge is 2.06. The Morgan fingerprint density at radius 3 is 2.40 bits per heavy atom. The van der Waals surface area contributed by atoms with Crippen LogP contribution in [0.4, 0.5) is 0 Å². The molecule has 0 aliphatic carbocycles. The zero-order chi connectivity index (χ0) is 7.98. The summed E-state index contributed by atoms with van der Waals surface area (Å²) in [5, 5.41) is 9.17. The van der Waals surface area contributed by atoms with E-state index in [4.69, 9.17) is 4.74 Å². The maximum Gasteiger partial charge on any atom is 0.0571 e. The van der Waals surface area contributed by atoms with Gasteiger partial charge in [-0.3, -0.25) is 0 Å². The van der Waals surface area contributed by atoms with Crippen LogP contribution in [0.25, 0.3) is 0 Å². The molecule has 0 aliphatic rings. The number of ether oxygens (including phenoxy) is 1. The average Bonchev–Trinajstić information content (AvgIpc) is 1.88. The van der Waals surface area contributed by atoms with Gasteiger partial charge in [0.1, 0.15) is 0 Å². The molecule has 0 fully saturated rings. The van der Waals surface area contributed by atoms with Crippen molar-refractivity contribution in [3.63, 3.8) is 0 Å². The summed E-state index contributed by atoms with van der Waals surface area (Å²) in [6.07, 6.45) is 1.57. The van der Waals surface area contributed by atoms with Gasteiger partial charge < -0.3 is 9.84 Å². The maximum absolute atomic E-state index is 9.17. The minimum absolute atomic E-state index is 0.193. The quantitative estimate of drug-likeness (QED) is 0.638. The zero-order valence-corrected chi connectivity index (χ0v) is 7.13. The molecule has 2 unspecified atom stereocenters. The molecular weight excluding hydrogens is 128 g/mol. The van der Waals surface area contributed by atoms with E-state index in [-0.39, 0.29) is 12.2 Å². The van der Waals surface area contributed by atoms with Crippen molar-refractivity contribution in [2.75, 3.05) is 6.61 Å². The Kier molecular flexibility index (Phi) is 5.64. The summed E-state index contributed by atoms with van der Waals surface area (Å²) in [6, 6.07) is 0. The molecule has 0 amide bonds. The predicted molar refractivity (Wildman–Crippen MR) is 42.0 cm³/mol. The van der Waals surface area contributed by atoms with Crippen LogP contribution in [0.3, 0.4) is 0 Å². The molecule has 0 spiro atoms. The normalized spacial score (nSPS) is 16.8. The van der Waals surface area contributed by atoms with Gasteiger partial charge in [-0.15, -0.1) is 0 Å². The van der Waals surface area contributed by atoms with E-state index in [1.807, 2.05) is 20.8 Å². The van der Waals surface area contributed by atoms with Crippen molar-refractivity contribution < 1.29 is 9.84 Å². The lowest BCUT2D eigenvalue weighted by Gasteiger charge is -2.14. The van der Waals surface area contributed by atoms with E-state index in [1.165, 1.54) is 0 Å². The van der Waals surface area contributed by atoms with Gasteiger partial charge in [0.2, 0.25) is 0 Å². The van der Waals surface area contributed by atoms with Crippen LogP contribution in [0.15, 0.2) is 0 Å². The molecule has 2 nitrogen and oxygen atoms in total. The van der Waals surface area contributed by atoms with Crippen LogP contribution in [-0.4, -0.2) is 23.9 Å². The number of aliphatic hydroxyl groups excluding tert-OH is 1. The van der Waals surface area contributed by atoms with E-state index >= 15 is 0 Å². The average molecular weight is 146 g/mol. The SMILES string of the molecule is CCOC(C)CC(O)CC. The van der Waals surface area contributed by atoms with E-state index in [2.05, 4.69) is 0 Å². The summed E-state index contributed by atoms with van der Waals surface area (Å²) in [5.41, 5.74) is 0. The van der Waals surface area contributed by atoms with Crippen molar-refractivity contribution in [3.05, 3.63) is 0 Å². The minimum atomic E-state index is -0.193. The third-order valence-electron chi connectivity index (χ3n) is 1.53. The maximum atomic E-state index is 9.17. The molecule has 0 aromatic carbocycles. The monoisotopic (exact) mass is 146 g/mol. The molecule has 62 valence electrons. The van der Waals surface area contributed by atoms with Crippen molar-refractivity contribution in [2.45, 2.75) is 45.8 Å². The number of hydrogen-bond acceptors (Lipinski definition) is 2. The van der Waals surface area contributed by atoms with Gasteiger partial charge in [-0.2, -0.15) is 0 Å². The van der Waals surface area contributed by atoms with Crippen molar-refractivity contribution in [1.29, 1.82) is 0 Å². The summed E-state index contributed by atoms with van der Waals surface area (Å²) < 4.78 is 5.25. The van der Waals surface area contributed by atoms with Crippen LogP contribution >= 0.6 is 0 Å². The summed E-state index contributed by atoms with van der Waals surface area (Å²) in [5.74, 6) is 0. The molecule has 0 bridgehead atoms. The van der Waals surface area contributed by atoms with Gasteiger partial charge in [0.25, 0.3) is 0 Å². The fourth-order valence-electron chi connectivity index (χ4n) is 0.902. The van der Waals surface area contributed by atoms with E-state index in [0.29, 0.717) is 0 Å². The van der Waals surface area contributed by atoms with Gasteiger partial charge in [-0.25, -0.2) is 0 Å². The minimum Gasteiger partial charge on any atom is -0.393 e. The Balaban J connectivity index is 3.27.